The van der Waals surface area contributed by atoms with Crippen LogP contribution in [0.3, 0.4) is 0 Å². The third-order valence-corrected chi connectivity index (χ3v) is 10.3. The minimum absolute atomic E-state index is 0.0915. The maximum atomic E-state index is 11.1. The van der Waals surface area contributed by atoms with E-state index in [4.69, 9.17) is 0 Å². The van der Waals surface area contributed by atoms with E-state index in [-0.39, 0.29) is 11.5 Å². The van der Waals surface area contributed by atoms with E-state index < -0.39 is 5.60 Å². The third kappa shape index (κ3) is 2.89. The minimum atomic E-state index is -0.498. The van der Waals surface area contributed by atoms with Gasteiger partial charge in [0.1, 0.15) is 0 Å². The van der Waals surface area contributed by atoms with Crippen LogP contribution in [0.25, 0.3) is 6.08 Å². The van der Waals surface area contributed by atoms with Crippen LogP contribution in [-0.4, -0.2) is 21.9 Å². The predicted octanol–water partition coefficient (Wildman–Crippen LogP) is 5.83. The van der Waals surface area contributed by atoms with Crippen molar-refractivity contribution >= 4 is 6.08 Å². The van der Waals surface area contributed by atoms with Crippen molar-refractivity contribution in [2.24, 2.45) is 34.5 Å². The van der Waals surface area contributed by atoms with Gasteiger partial charge in [0.25, 0.3) is 0 Å². The summed E-state index contributed by atoms with van der Waals surface area (Å²) in [5.74, 6) is 2.79. The van der Waals surface area contributed by atoms with E-state index in [0.29, 0.717) is 17.3 Å². The molecule has 0 amide bonds. The van der Waals surface area contributed by atoms with Gasteiger partial charge in [0.2, 0.25) is 0 Å². The zero-order valence-electron chi connectivity index (χ0n) is 18.4. The molecule has 1 aromatic carbocycles. The molecule has 1 aromatic rings. The third-order valence-electron chi connectivity index (χ3n) is 10.3. The molecule has 29 heavy (non-hydrogen) atoms. The number of benzene rings is 1. The van der Waals surface area contributed by atoms with Gasteiger partial charge in [0.05, 0.1) is 11.7 Å². The quantitative estimate of drug-likeness (QED) is 0.629. The molecular weight excluding hydrogens is 356 g/mol. The van der Waals surface area contributed by atoms with Crippen molar-refractivity contribution in [3.8, 4) is 0 Å². The fourth-order valence-electron chi connectivity index (χ4n) is 8.33. The van der Waals surface area contributed by atoms with Gasteiger partial charge in [-0.25, -0.2) is 0 Å². The first kappa shape index (κ1) is 19.8. The molecule has 0 spiro atoms. The molecule has 2 nitrogen and oxygen atoms in total. The smallest absolute Gasteiger partial charge is 0.0756 e. The van der Waals surface area contributed by atoms with Crippen molar-refractivity contribution < 1.29 is 10.2 Å². The summed E-state index contributed by atoms with van der Waals surface area (Å²) in [5.41, 5.74) is 2.33. The van der Waals surface area contributed by atoms with Crippen LogP contribution < -0.4 is 0 Å². The van der Waals surface area contributed by atoms with Crippen LogP contribution in [0.4, 0.5) is 0 Å². The molecule has 0 bridgehead atoms. The first-order valence-electron chi connectivity index (χ1n) is 11.9. The lowest BCUT2D eigenvalue weighted by atomic mass is 9.44. The van der Waals surface area contributed by atoms with Crippen LogP contribution >= 0.6 is 0 Å². The van der Waals surface area contributed by atoms with E-state index in [1.54, 1.807) is 0 Å². The SMILES string of the molecule is C[C@]12C/C(=C\c3ccccc3)[C@H](O)C[C@@H]1CC[C@@H]1[C@@H]2CC[C@]2(C)[C@H]1CC[C@]2(C)O. The summed E-state index contributed by atoms with van der Waals surface area (Å²) >= 11 is 0. The molecule has 4 fully saturated rings. The highest BCUT2D eigenvalue weighted by Gasteiger charge is 2.63. The molecule has 0 aliphatic heterocycles. The number of aliphatic hydroxyl groups excluding tert-OH is 1. The summed E-state index contributed by atoms with van der Waals surface area (Å²) in [7, 11) is 0. The molecule has 2 N–H and O–H groups in total. The van der Waals surface area contributed by atoms with E-state index in [9.17, 15) is 10.2 Å². The normalized spacial score (nSPS) is 50.7. The van der Waals surface area contributed by atoms with Crippen LogP contribution in [0, 0.1) is 34.5 Å². The van der Waals surface area contributed by atoms with Gasteiger partial charge < -0.3 is 10.2 Å². The first-order valence-corrected chi connectivity index (χ1v) is 11.9. The molecule has 5 rings (SSSR count). The van der Waals surface area contributed by atoms with E-state index in [1.165, 1.54) is 36.8 Å². The largest absolute Gasteiger partial charge is 0.390 e. The van der Waals surface area contributed by atoms with Gasteiger partial charge in [0.15, 0.2) is 0 Å². The predicted molar refractivity (Wildman–Crippen MR) is 118 cm³/mol. The van der Waals surface area contributed by atoms with Gasteiger partial charge in [-0.15, -0.1) is 0 Å². The Bertz CT molecular complexity index is 796. The second kappa shape index (κ2) is 6.69. The Hall–Kier alpha value is -1.12. The second-order valence-corrected chi connectivity index (χ2v) is 11.5. The molecule has 0 unspecified atom stereocenters. The van der Waals surface area contributed by atoms with Crippen molar-refractivity contribution in [3.05, 3.63) is 41.5 Å². The van der Waals surface area contributed by atoms with Gasteiger partial charge in [-0.3, -0.25) is 0 Å². The van der Waals surface area contributed by atoms with Gasteiger partial charge >= 0.3 is 0 Å². The Morgan fingerprint density at radius 3 is 2.41 bits per heavy atom. The molecule has 158 valence electrons. The molecular formula is C27H38O2. The van der Waals surface area contributed by atoms with Crippen molar-refractivity contribution in [1.29, 1.82) is 0 Å². The average molecular weight is 395 g/mol. The zero-order chi connectivity index (χ0) is 20.4. The number of rotatable bonds is 1. The summed E-state index contributed by atoms with van der Waals surface area (Å²) < 4.78 is 0. The molecule has 2 heteroatoms. The average Bonchev–Trinajstić information content (AvgIpc) is 2.93. The molecule has 4 aliphatic carbocycles. The lowest BCUT2D eigenvalue weighted by molar-refractivity contribution is -0.146. The zero-order valence-corrected chi connectivity index (χ0v) is 18.4. The summed E-state index contributed by atoms with van der Waals surface area (Å²) in [5, 5.41) is 22.1. The fourth-order valence-corrected chi connectivity index (χ4v) is 8.33. The summed E-state index contributed by atoms with van der Waals surface area (Å²) in [6.07, 6.45) is 11.1. The lowest BCUT2D eigenvalue weighted by Crippen LogP contribution is -2.56. The standard InChI is InChI=1S/C27H38O2/c1-25-17-19(15-18-7-5-4-6-8-18)24(28)16-20(25)9-10-21-22(25)11-13-26(2)23(21)12-14-27(26,3)29/h4-8,15,20-24,28-29H,9-14,16-17H2,1-3H3/b19-15+/t20-,21+,22-,23-,24+,25-,26+,27-/m0/s1. The van der Waals surface area contributed by atoms with Gasteiger partial charge in [-0.1, -0.05) is 50.3 Å². The summed E-state index contributed by atoms with van der Waals surface area (Å²) in [6, 6.07) is 10.5. The van der Waals surface area contributed by atoms with Gasteiger partial charge in [-0.2, -0.15) is 0 Å². The van der Waals surface area contributed by atoms with Crippen molar-refractivity contribution in [2.75, 3.05) is 0 Å². The number of hydrogen-bond donors (Lipinski definition) is 2. The monoisotopic (exact) mass is 394 g/mol. The van der Waals surface area contributed by atoms with Crippen LogP contribution in [0.15, 0.2) is 35.9 Å². The van der Waals surface area contributed by atoms with E-state index in [0.717, 1.165) is 37.5 Å². The Labute approximate surface area is 176 Å². The van der Waals surface area contributed by atoms with Crippen LogP contribution in [0.1, 0.15) is 77.7 Å². The molecule has 0 radical (unpaired) electrons. The number of aliphatic hydroxyl groups is 2. The second-order valence-electron chi connectivity index (χ2n) is 11.5. The van der Waals surface area contributed by atoms with Crippen molar-refractivity contribution in [2.45, 2.75) is 83.8 Å². The van der Waals surface area contributed by atoms with E-state index in [1.807, 2.05) is 0 Å². The van der Waals surface area contributed by atoms with Crippen LogP contribution in [-0.2, 0) is 0 Å². The van der Waals surface area contributed by atoms with Gasteiger partial charge in [-0.05, 0) is 104 Å². The number of fused-ring (bicyclic) bond motifs is 5. The summed E-state index contributed by atoms with van der Waals surface area (Å²) in [6.45, 7) is 7.01. The molecule has 0 aromatic heterocycles. The molecule has 0 saturated heterocycles. The minimum Gasteiger partial charge on any atom is -0.390 e. The maximum absolute atomic E-state index is 11.1. The maximum Gasteiger partial charge on any atom is 0.0756 e. The topological polar surface area (TPSA) is 40.5 Å². The first-order chi connectivity index (χ1) is 13.7. The Balaban J connectivity index is 1.46. The highest BCUT2D eigenvalue weighted by atomic mass is 16.3. The highest BCUT2D eigenvalue weighted by molar-refractivity contribution is 5.54. The molecule has 4 saturated carbocycles. The van der Waals surface area contributed by atoms with Crippen LogP contribution in [0.5, 0.6) is 0 Å². The fraction of sp³-hybridized carbons (Fsp3) is 0.704. The lowest BCUT2D eigenvalue weighted by Gasteiger charge is -2.61. The Morgan fingerprint density at radius 2 is 1.66 bits per heavy atom. The highest BCUT2D eigenvalue weighted by Crippen LogP contribution is 2.68. The molecule has 4 aliphatic rings. The summed E-state index contributed by atoms with van der Waals surface area (Å²) in [4.78, 5) is 0. The molecule has 0 heterocycles. The van der Waals surface area contributed by atoms with Crippen molar-refractivity contribution in [3.63, 3.8) is 0 Å². The van der Waals surface area contributed by atoms with Gasteiger partial charge in [0, 0.05) is 0 Å². The van der Waals surface area contributed by atoms with E-state index in [2.05, 4.69) is 57.2 Å². The van der Waals surface area contributed by atoms with Crippen LogP contribution in [0.2, 0.25) is 0 Å². The molecule has 8 atom stereocenters. The number of hydrogen-bond acceptors (Lipinski definition) is 2. The van der Waals surface area contributed by atoms with E-state index >= 15 is 0 Å². The Kier molecular flexibility index (Phi) is 4.57. The Morgan fingerprint density at radius 1 is 0.931 bits per heavy atom. The van der Waals surface area contributed by atoms with Crippen molar-refractivity contribution in [1.82, 2.24) is 0 Å².